The van der Waals surface area contributed by atoms with Gasteiger partial charge in [0.25, 0.3) is 0 Å². The van der Waals surface area contributed by atoms with Crippen molar-refractivity contribution in [2.24, 2.45) is 0 Å². The Morgan fingerprint density at radius 3 is 2.31 bits per heavy atom. The summed E-state index contributed by atoms with van der Waals surface area (Å²) in [5.74, 6) is -0.305. The molecule has 1 fully saturated rings. The van der Waals surface area contributed by atoms with Gasteiger partial charge in [-0.25, -0.2) is 8.42 Å². The van der Waals surface area contributed by atoms with Crippen molar-refractivity contribution >= 4 is 15.9 Å². The molecular formula is C24H33N3O4S. The van der Waals surface area contributed by atoms with Crippen LogP contribution in [0.4, 0.5) is 0 Å². The Bertz CT molecular complexity index is 996. The Kier molecular flexibility index (Phi) is 8.42. The summed E-state index contributed by atoms with van der Waals surface area (Å²) in [6, 6.07) is 13.1. The number of morpholine rings is 1. The molecule has 0 unspecified atom stereocenters. The number of aryl methyl sites for hydroxylation is 3. The minimum absolute atomic E-state index is 0.132. The Hall–Kier alpha value is -2.26. The smallest absolute Gasteiger partial charge is 0.244 e. The first kappa shape index (κ1) is 24.4. The van der Waals surface area contributed by atoms with Gasteiger partial charge in [0.05, 0.1) is 24.7 Å². The van der Waals surface area contributed by atoms with Gasteiger partial charge < -0.3 is 10.1 Å². The summed E-state index contributed by atoms with van der Waals surface area (Å²) in [6.07, 6.45) is 0. The fraction of sp³-hybridized carbons (Fsp3) is 0.458. The van der Waals surface area contributed by atoms with Gasteiger partial charge in [-0.15, -0.1) is 0 Å². The molecule has 1 amide bonds. The van der Waals surface area contributed by atoms with Crippen LogP contribution in [0, 0.1) is 20.8 Å². The van der Waals surface area contributed by atoms with E-state index in [1.807, 2.05) is 49.4 Å². The fourth-order valence-corrected chi connectivity index (χ4v) is 5.91. The summed E-state index contributed by atoms with van der Waals surface area (Å²) in [6.45, 7) is 9.73. The quantitative estimate of drug-likeness (QED) is 0.622. The lowest BCUT2D eigenvalue weighted by atomic mass is 10.1. The average Bonchev–Trinajstić information content (AvgIpc) is 2.74. The Morgan fingerprint density at radius 2 is 1.69 bits per heavy atom. The molecule has 1 aliphatic rings. The number of hydrogen-bond donors (Lipinski definition) is 1. The van der Waals surface area contributed by atoms with Gasteiger partial charge in [0.15, 0.2) is 0 Å². The Morgan fingerprint density at radius 1 is 1.06 bits per heavy atom. The second-order valence-electron chi connectivity index (χ2n) is 8.29. The SMILES string of the molecule is Cc1cc(C)c(S(=O)(=O)N(CC(=O)NCCN2CCOCC2)Cc2ccccc2)c(C)c1. The van der Waals surface area contributed by atoms with E-state index in [2.05, 4.69) is 10.2 Å². The molecule has 1 heterocycles. The molecule has 174 valence electrons. The summed E-state index contributed by atoms with van der Waals surface area (Å²) in [5, 5.41) is 2.88. The number of sulfonamides is 1. The second-order valence-corrected chi connectivity index (χ2v) is 10.2. The van der Waals surface area contributed by atoms with E-state index in [0.29, 0.717) is 30.9 Å². The zero-order valence-corrected chi connectivity index (χ0v) is 20.0. The van der Waals surface area contributed by atoms with E-state index >= 15 is 0 Å². The summed E-state index contributed by atoms with van der Waals surface area (Å²) in [7, 11) is -3.87. The lowest BCUT2D eigenvalue weighted by Crippen LogP contribution is -2.44. The molecule has 2 aromatic rings. The van der Waals surface area contributed by atoms with Crippen molar-refractivity contribution < 1.29 is 17.9 Å². The van der Waals surface area contributed by atoms with Crippen molar-refractivity contribution in [2.45, 2.75) is 32.2 Å². The molecule has 0 radical (unpaired) electrons. The van der Waals surface area contributed by atoms with Crippen molar-refractivity contribution in [3.05, 3.63) is 64.7 Å². The lowest BCUT2D eigenvalue weighted by molar-refractivity contribution is -0.121. The highest BCUT2D eigenvalue weighted by Crippen LogP contribution is 2.26. The molecule has 2 aromatic carbocycles. The van der Waals surface area contributed by atoms with Crippen LogP contribution in [-0.2, 0) is 26.1 Å². The first-order valence-corrected chi connectivity index (χ1v) is 12.4. The van der Waals surface area contributed by atoms with Gasteiger partial charge in [0, 0.05) is 32.7 Å². The highest BCUT2D eigenvalue weighted by molar-refractivity contribution is 7.89. The molecule has 0 aromatic heterocycles. The molecule has 3 rings (SSSR count). The van der Waals surface area contributed by atoms with Crippen LogP contribution in [0.15, 0.2) is 47.4 Å². The molecule has 1 saturated heterocycles. The van der Waals surface area contributed by atoms with E-state index in [0.717, 1.165) is 30.8 Å². The predicted molar refractivity (Wildman–Crippen MR) is 125 cm³/mol. The number of ether oxygens (including phenoxy) is 1. The molecule has 0 spiro atoms. The van der Waals surface area contributed by atoms with Crippen LogP contribution in [0.25, 0.3) is 0 Å². The number of hydrogen-bond acceptors (Lipinski definition) is 5. The van der Waals surface area contributed by atoms with Crippen molar-refractivity contribution in [3.63, 3.8) is 0 Å². The highest BCUT2D eigenvalue weighted by Gasteiger charge is 2.30. The predicted octanol–water partition coefficient (Wildman–Crippen LogP) is 2.25. The molecule has 0 aliphatic carbocycles. The van der Waals surface area contributed by atoms with Gasteiger partial charge in [-0.1, -0.05) is 48.0 Å². The number of amides is 1. The largest absolute Gasteiger partial charge is 0.379 e. The van der Waals surface area contributed by atoms with Gasteiger partial charge in [0.2, 0.25) is 15.9 Å². The molecule has 1 N–H and O–H groups in total. The standard InChI is InChI=1S/C24H33N3O4S/c1-19-15-20(2)24(21(3)16-19)32(29,30)27(17-22-7-5-4-6-8-22)18-23(28)25-9-10-26-11-13-31-14-12-26/h4-8,15-16H,9-14,17-18H2,1-3H3,(H,25,28). The van der Waals surface area contributed by atoms with Crippen LogP contribution in [-0.4, -0.2) is 69.5 Å². The summed E-state index contributed by atoms with van der Waals surface area (Å²) in [5.41, 5.74) is 3.22. The monoisotopic (exact) mass is 459 g/mol. The first-order chi connectivity index (χ1) is 15.3. The van der Waals surface area contributed by atoms with Crippen LogP contribution in [0.3, 0.4) is 0 Å². The van der Waals surface area contributed by atoms with Crippen molar-refractivity contribution in [1.29, 1.82) is 0 Å². The van der Waals surface area contributed by atoms with Crippen LogP contribution in [0.2, 0.25) is 0 Å². The maximum Gasteiger partial charge on any atom is 0.244 e. The minimum atomic E-state index is -3.87. The molecule has 0 saturated carbocycles. The minimum Gasteiger partial charge on any atom is -0.379 e. The van der Waals surface area contributed by atoms with Crippen LogP contribution in [0.1, 0.15) is 22.3 Å². The summed E-state index contributed by atoms with van der Waals surface area (Å²) < 4.78 is 34.0. The van der Waals surface area contributed by atoms with Crippen LogP contribution in [0.5, 0.6) is 0 Å². The van der Waals surface area contributed by atoms with E-state index in [4.69, 9.17) is 4.74 Å². The molecule has 0 bridgehead atoms. The van der Waals surface area contributed by atoms with Gasteiger partial charge in [-0.2, -0.15) is 4.31 Å². The number of benzene rings is 2. The number of rotatable bonds is 9. The van der Waals surface area contributed by atoms with Gasteiger partial charge in [-0.3, -0.25) is 9.69 Å². The first-order valence-electron chi connectivity index (χ1n) is 11.0. The third-order valence-electron chi connectivity index (χ3n) is 5.58. The van der Waals surface area contributed by atoms with Crippen molar-refractivity contribution in [2.75, 3.05) is 45.9 Å². The van der Waals surface area contributed by atoms with E-state index < -0.39 is 10.0 Å². The van der Waals surface area contributed by atoms with E-state index in [9.17, 15) is 13.2 Å². The third-order valence-corrected chi connectivity index (χ3v) is 7.68. The zero-order chi connectivity index (χ0) is 23.1. The Labute approximate surface area is 191 Å². The molecule has 7 nitrogen and oxygen atoms in total. The van der Waals surface area contributed by atoms with Crippen LogP contribution >= 0.6 is 0 Å². The van der Waals surface area contributed by atoms with Gasteiger partial charge in [0.1, 0.15) is 0 Å². The summed E-state index contributed by atoms with van der Waals surface area (Å²) >= 11 is 0. The third kappa shape index (κ3) is 6.38. The maximum atomic E-state index is 13.7. The normalized spacial score (nSPS) is 15.1. The van der Waals surface area contributed by atoms with Crippen molar-refractivity contribution in [3.8, 4) is 0 Å². The van der Waals surface area contributed by atoms with Crippen molar-refractivity contribution in [1.82, 2.24) is 14.5 Å². The summed E-state index contributed by atoms with van der Waals surface area (Å²) in [4.78, 5) is 15.2. The highest BCUT2D eigenvalue weighted by atomic mass is 32.2. The second kappa shape index (κ2) is 11.0. The number of nitrogens with zero attached hydrogens (tertiary/aromatic N) is 2. The molecule has 32 heavy (non-hydrogen) atoms. The molecule has 8 heteroatoms. The number of carbonyl (C=O) groups excluding carboxylic acids is 1. The van der Waals surface area contributed by atoms with E-state index in [-0.39, 0.29) is 23.9 Å². The molecule has 1 aliphatic heterocycles. The lowest BCUT2D eigenvalue weighted by Gasteiger charge is -2.27. The average molecular weight is 460 g/mol. The van der Waals surface area contributed by atoms with Crippen LogP contribution < -0.4 is 5.32 Å². The number of nitrogens with one attached hydrogen (secondary N) is 1. The topological polar surface area (TPSA) is 79.0 Å². The van der Waals surface area contributed by atoms with Gasteiger partial charge >= 0.3 is 0 Å². The zero-order valence-electron chi connectivity index (χ0n) is 19.1. The molecular weight excluding hydrogens is 426 g/mol. The molecule has 0 atom stereocenters. The Balaban J connectivity index is 1.76. The van der Waals surface area contributed by atoms with E-state index in [1.165, 1.54) is 4.31 Å². The van der Waals surface area contributed by atoms with E-state index in [1.54, 1.807) is 13.8 Å². The maximum absolute atomic E-state index is 13.7. The van der Waals surface area contributed by atoms with Gasteiger partial charge in [-0.05, 0) is 37.5 Å². The fourth-order valence-electron chi connectivity index (χ4n) is 4.11. The number of carbonyl (C=O) groups is 1.